The molecule has 1 aromatic carbocycles. The van der Waals surface area contributed by atoms with Gasteiger partial charge in [0, 0.05) is 18.5 Å². The predicted octanol–water partition coefficient (Wildman–Crippen LogP) is 2.34. The number of rotatable bonds is 0. The fourth-order valence-corrected chi connectivity index (χ4v) is 1.95. The van der Waals surface area contributed by atoms with E-state index in [0.717, 1.165) is 18.7 Å². The topological polar surface area (TPSA) is 25.2 Å². The summed E-state index contributed by atoms with van der Waals surface area (Å²) in [5, 5.41) is 4.58. The molecule has 0 aliphatic carbocycles. The van der Waals surface area contributed by atoms with Gasteiger partial charge in [0.15, 0.2) is 0 Å². The Labute approximate surface area is 76.5 Å². The Morgan fingerprint density at radius 3 is 2.85 bits per heavy atom. The second-order valence-electron chi connectivity index (χ2n) is 3.64. The Morgan fingerprint density at radius 1 is 1.23 bits per heavy atom. The molecular weight excluding hydrogens is 162 g/mol. The highest BCUT2D eigenvalue weighted by molar-refractivity contribution is 5.82. The van der Waals surface area contributed by atoms with Crippen molar-refractivity contribution in [2.45, 2.75) is 20.0 Å². The smallest absolute Gasteiger partial charge is 0.134 e. The third kappa shape index (κ3) is 0.923. The van der Waals surface area contributed by atoms with Crippen LogP contribution in [0.1, 0.15) is 16.7 Å². The molecule has 13 heavy (non-hydrogen) atoms. The second kappa shape index (κ2) is 2.36. The standard InChI is InChI=1S/C11H11NO/c1-7-6-13-11-3-9-5-12-4-8(9)2-10(7)11/h2-3,6,12H,4-5H2,1H3. The lowest BCUT2D eigenvalue weighted by atomic mass is 10.1. The van der Waals surface area contributed by atoms with Gasteiger partial charge in [-0.3, -0.25) is 0 Å². The number of benzene rings is 1. The van der Waals surface area contributed by atoms with Crippen molar-refractivity contribution in [1.29, 1.82) is 0 Å². The Bertz CT molecular complexity index is 470. The van der Waals surface area contributed by atoms with Crippen LogP contribution < -0.4 is 5.32 Å². The molecule has 0 fully saturated rings. The minimum atomic E-state index is 0.977. The van der Waals surface area contributed by atoms with Crippen molar-refractivity contribution in [3.63, 3.8) is 0 Å². The molecule has 0 unspecified atom stereocenters. The van der Waals surface area contributed by atoms with E-state index in [0.29, 0.717) is 0 Å². The zero-order valence-electron chi connectivity index (χ0n) is 7.55. The highest BCUT2D eigenvalue weighted by Crippen LogP contribution is 2.26. The molecule has 1 aromatic heterocycles. The summed E-state index contributed by atoms with van der Waals surface area (Å²) in [6, 6.07) is 4.39. The van der Waals surface area contributed by atoms with Crippen LogP contribution in [0.2, 0.25) is 0 Å². The maximum atomic E-state index is 5.45. The van der Waals surface area contributed by atoms with Crippen molar-refractivity contribution in [3.8, 4) is 0 Å². The normalized spacial score (nSPS) is 15.2. The van der Waals surface area contributed by atoms with Gasteiger partial charge in [0.1, 0.15) is 5.58 Å². The van der Waals surface area contributed by atoms with Crippen LogP contribution in [-0.2, 0) is 13.1 Å². The number of nitrogens with one attached hydrogen (secondary N) is 1. The van der Waals surface area contributed by atoms with Crippen LogP contribution in [0.5, 0.6) is 0 Å². The van der Waals surface area contributed by atoms with Gasteiger partial charge in [-0.15, -0.1) is 0 Å². The van der Waals surface area contributed by atoms with Crippen LogP contribution in [0.15, 0.2) is 22.8 Å². The second-order valence-corrected chi connectivity index (χ2v) is 3.64. The van der Waals surface area contributed by atoms with E-state index in [-0.39, 0.29) is 0 Å². The Hall–Kier alpha value is -1.28. The van der Waals surface area contributed by atoms with Crippen LogP contribution in [-0.4, -0.2) is 0 Å². The summed E-state index contributed by atoms with van der Waals surface area (Å²) in [6.45, 7) is 4.06. The van der Waals surface area contributed by atoms with Crippen molar-refractivity contribution < 1.29 is 4.42 Å². The van der Waals surface area contributed by atoms with Crippen LogP contribution in [0, 0.1) is 6.92 Å². The lowest BCUT2D eigenvalue weighted by Crippen LogP contribution is -1.99. The molecule has 66 valence electrons. The predicted molar refractivity (Wildman–Crippen MR) is 51.5 cm³/mol. The number of furan rings is 1. The monoisotopic (exact) mass is 173 g/mol. The largest absolute Gasteiger partial charge is 0.464 e. The van der Waals surface area contributed by atoms with Gasteiger partial charge >= 0.3 is 0 Å². The molecule has 1 aliphatic heterocycles. The Kier molecular flexibility index (Phi) is 1.30. The molecular formula is C11H11NO. The fraction of sp³-hybridized carbons (Fsp3) is 0.273. The maximum Gasteiger partial charge on any atom is 0.134 e. The zero-order chi connectivity index (χ0) is 8.84. The van der Waals surface area contributed by atoms with Crippen molar-refractivity contribution in [2.24, 2.45) is 0 Å². The van der Waals surface area contributed by atoms with Gasteiger partial charge in [-0.1, -0.05) is 0 Å². The van der Waals surface area contributed by atoms with Crippen molar-refractivity contribution in [2.75, 3.05) is 0 Å². The van der Waals surface area contributed by atoms with E-state index in [2.05, 4.69) is 24.4 Å². The van der Waals surface area contributed by atoms with Gasteiger partial charge in [-0.2, -0.15) is 0 Å². The van der Waals surface area contributed by atoms with Gasteiger partial charge < -0.3 is 9.73 Å². The van der Waals surface area contributed by atoms with Crippen LogP contribution in [0.25, 0.3) is 11.0 Å². The molecule has 2 nitrogen and oxygen atoms in total. The highest BCUT2D eigenvalue weighted by Gasteiger charge is 2.12. The Balaban J connectivity index is 2.38. The number of hydrogen-bond donors (Lipinski definition) is 1. The van der Waals surface area contributed by atoms with E-state index in [1.807, 2.05) is 6.26 Å². The molecule has 3 rings (SSSR count). The summed E-state index contributed by atoms with van der Waals surface area (Å²) in [5.41, 5.74) is 5.03. The van der Waals surface area contributed by atoms with Gasteiger partial charge in [0.2, 0.25) is 0 Å². The molecule has 0 spiro atoms. The molecule has 0 saturated heterocycles. The van der Waals surface area contributed by atoms with E-state index in [1.165, 1.54) is 22.1 Å². The van der Waals surface area contributed by atoms with Crippen LogP contribution in [0.3, 0.4) is 0 Å². The first-order chi connectivity index (χ1) is 6.34. The quantitative estimate of drug-likeness (QED) is 0.661. The minimum absolute atomic E-state index is 0.977. The number of aryl methyl sites for hydroxylation is 1. The first-order valence-electron chi connectivity index (χ1n) is 4.55. The van der Waals surface area contributed by atoms with Gasteiger partial charge in [0.05, 0.1) is 6.26 Å². The maximum absolute atomic E-state index is 5.45. The molecule has 1 aliphatic rings. The lowest BCUT2D eigenvalue weighted by Gasteiger charge is -1.97. The minimum Gasteiger partial charge on any atom is -0.464 e. The molecule has 2 heteroatoms. The summed E-state index contributed by atoms with van der Waals surface area (Å²) in [7, 11) is 0. The molecule has 0 radical (unpaired) electrons. The van der Waals surface area contributed by atoms with E-state index in [1.54, 1.807) is 0 Å². The molecule has 0 amide bonds. The van der Waals surface area contributed by atoms with Crippen molar-refractivity contribution in [3.05, 3.63) is 35.1 Å². The third-order valence-corrected chi connectivity index (χ3v) is 2.72. The molecule has 1 N–H and O–H groups in total. The molecule has 2 aromatic rings. The number of hydrogen-bond acceptors (Lipinski definition) is 2. The first kappa shape index (κ1) is 7.15. The SMILES string of the molecule is Cc1coc2cc3c(cc12)CNC3. The third-order valence-electron chi connectivity index (χ3n) is 2.72. The Morgan fingerprint density at radius 2 is 2.00 bits per heavy atom. The fourth-order valence-electron chi connectivity index (χ4n) is 1.95. The molecule has 0 saturated carbocycles. The van der Waals surface area contributed by atoms with Gasteiger partial charge in [-0.05, 0) is 35.7 Å². The lowest BCUT2D eigenvalue weighted by molar-refractivity contribution is 0.612. The number of fused-ring (bicyclic) bond motifs is 2. The molecule has 2 heterocycles. The average Bonchev–Trinajstić information content (AvgIpc) is 2.70. The average molecular weight is 173 g/mol. The summed E-state index contributed by atoms with van der Waals surface area (Å²) >= 11 is 0. The summed E-state index contributed by atoms with van der Waals surface area (Å²) < 4.78 is 5.45. The zero-order valence-corrected chi connectivity index (χ0v) is 7.55. The van der Waals surface area contributed by atoms with E-state index < -0.39 is 0 Å². The molecule has 0 atom stereocenters. The van der Waals surface area contributed by atoms with Crippen LogP contribution >= 0.6 is 0 Å². The van der Waals surface area contributed by atoms with E-state index in [4.69, 9.17) is 4.42 Å². The van der Waals surface area contributed by atoms with Gasteiger partial charge in [0.25, 0.3) is 0 Å². The first-order valence-corrected chi connectivity index (χ1v) is 4.55. The van der Waals surface area contributed by atoms with Crippen molar-refractivity contribution in [1.82, 2.24) is 5.32 Å². The highest BCUT2D eigenvalue weighted by atomic mass is 16.3. The van der Waals surface area contributed by atoms with Crippen molar-refractivity contribution >= 4 is 11.0 Å². The summed E-state index contributed by atoms with van der Waals surface area (Å²) in [4.78, 5) is 0. The van der Waals surface area contributed by atoms with E-state index in [9.17, 15) is 0 Å². The summed E-state index contributed by atoms with van der Waals surface area (Å²) in [5.74, 6) is 0. The van der Waals surface area contributed by atoms with E-state index >= 15 is 0 Å². The molecule has 0 bridgehead atoms. The summed E-state index contributed by atoms with van der Waals surface area (Å²) in [6.07, 6.45) is 1.83. The van der Waals surface area contributed by atoms with Crippen LogP contribution in [0.4, 0.5) is 0 Å². The van der Waals surface area contributed by atoms with Gasteiger partial charge in [-0.25, -0.2) is 0 Å².